The topological polar surface area (TPSA) is 73.6 Å². The van der Waals surface area contributed by atoms with Gasteiger partial charge >= 0.3 is 5.69 Å². The minimum absolute atomic E-state index is 0.00495. The molecule has 0 radical (unpaired) electrons. The van der Waals surface area contributed by atoms with Gasteiger partial charge in [0.25, 0.3) is 0 Å². The summed E-state index contributed by atoms with van der Waals surface area (Å²) in [6.45, 7) is 5.44. The number of likely N-dealkylation sites (N-methyl/N-ethyl adjacent to an activating group) is 1. The third-order valence-electron chi connectivity index (χ3n) is 3.41. The molecule has 1 fully saturated rings. The maximum atomic E-state index is 11.0. The molecule has 110 valence electrons. The van der Waals surface area contributed by atoms with Crippen molar-refractivity contribution in [3.8, 4) is 5.75 Å². The van der Waals surface area contributed by atoms with Gasteiger partial charge in [-0.25, -0.2) is 0 Å². The number of para-hydroxylation sites is 2. The number of benzene rings is 1. The first-order valence-corrected chi connectivity index (χ1v) is 6.92. The first kappa shape index (κ1) is 14.7. The highest BCUT2D eigenvalue weighted by molar-refractivity contribution is 5.46. The maximum Gasteiger partial charge on any atom is 0.310 e. The molecule has 1 aliphatic rings. The van der Waals surface area contributed by atoms with E-state index < -0.39 is 4.92 Å². The largest absolute Gasteiger partial charge is 0.481 e. The molecule has 3 atom stereocenters. The molecule has 0 bridgehead atoms. The zero-order valence-corrected chi connectivity index (χ0v) is 11.7. The summed E-state index contributed by atoms with van der Waals surface area (Å²) in [5.74, 6) is 0.308. The van der Waals surface area contributed by atoms with Gasteiger partial charge in [0.1, 0.15) is 12.2 Å². The van der Waals surface area contributed by atoms with Crippen LogP contribution in [0, 0.1) is 10.1 Å². The lowest BCUT2D eigenvalue weighted by atomic mass is 9.85. The van der Waals surface area contributed by atoms with Crippen molar-refractivity contribution >= 4 is 5.69 Å². The number of nitro benzene ring substituents is 1. The summed E-state index contributed by atoms with van der Waals surface area (Å²) in [4.78, 5) is 10.5. The Hall–Kier alpha value is -1.66. The highest BCUT2D eigenvalue weighted by atomic mass is 16.6. The van der Waals surface area contributed by atoms with Crippen LogP contribution in [0.2, 0.25) is 0 Å². The Bertz CT molecular complexity index is 466. The maximum absolute atomic E-state index is 11.0. The molecule has 1 N–H and O–H groups in total. The van der Waals surface area contributed by atoms with Gasteiger partial charge in [-0.2, -0.15) is 0 Å². The first-order chi connectivity index (χ1) is 9.67. The molecule has 0 aliphatic heterocycles. The Morgan fingerprint density at radius 3 is 2.80 bits per heavy atom. The van der Waals surface area contributed by atoms with Gasteiger partial charge in [0, 0.05) is 25.1 Å². The van der Waals surface area contributed by atoms with Gasteiger partial charge in [-0.15, -0.1) is 0 Å². The minimum Gasteiger partial charge on any atom is -0.481 e. The Morgan fingerprint density at radius 2 is 2.15 bits per heavy atom. The van der Waals surface area contributed by atoms with Crippen LogP contribution in [-0.4, -0.2) is 36.3 Å². The van der Waals surface area contributed by atoms with Crippen molar-refractivity contribution in [2.24, 2.45) is 0 Å². The van der Waals surface area contributed by atoms with Crippen molar-refractivity contribution in [3.63, 3.8) is 0 Å². The third kappa shape index (κ3) is 3.08. The molecule has 0 spiro atoms. The van der Waals surface area contributed by atoms with Crippen molar-refractivity contribution in [2.45, 2.75) is 38.5 Å². The van der Waals surface area contributed by atoms with E-state index >= 15 is 0 Å². The van der Waals surface area contributed by atoms with Gasteiger partial charge < -0.3 is 14.8 Å². The van der Waals surface area contributed by atoms with Crippen LogP contribution < -0.4 is 10.1 Å². The van der Waals surface area contributed by atoms with Crippen LogP contribution in [0.25, 0.3) is 0 Å². The molecule has 1 saturated carbocycles. The van der Waals surface area contributed by atoms with Gasteiger partial charge in [0.2, 0.25) is 0 Å². The average molecular weight is 280 g/mol. The van der Waals surface area contributed by atoms with Crippen molar-refractivity contribution in [3.05, 3.63) is 34.4 Å². The van der Waals surface area contributed by atoms with Crippen molar-refractivity contribution in [2.75, 3.05) is 13.2 Å². The van der Waals surface area contributed by atoms with Gasteiger partial charge in [0.05, 0.1) is 4.92 Å². The van der Waals surface area contributed by atoms with Crippen LogP contribution in [0.15, 0.2) is 24.3 Å². The van der Waals surface area contributed by atoms with E-state index in [0.29, 0.717) is 12.4 Å². The van der Waals surface area contributed by atoms with E-state index in [1.165, 1.54) is 6.07 Å². The van der Waals surface area contributed by atoms with E-state index in [4.69, 9.17) is 9.47 Å². The molecule has 0 saturated heterocycles. The molecule has 6 heteroatoms. The molecular formula is C14H20N2O4. The fourth-order valence-corrected chi connectivity index (χ4v) is 2.45. The normalized spacial score (nSPS) is 25.0. The van der Waals surface area contributed by atoms with Gasteiger partial charge in [-0.1, -0.05) is 19.1 Å². The Labute approximate surface area is 118 Å². The molecule has 0 heterocycles. The van der Waals surface area contributed by atoms with Crippen molar-refractivity contribution in [1.29, 1.82) is 0 Å². The lowest BCUT2D eigenvalue weighted by Crippen LogP contribution is -2.61. The van der Waals surface area contributed by atoms with E-state index in [2.05, 4.69) is 5.32 Å². The fraction of sp³-hybridized carbons (Fsp3) is 0.571. The van der Waals surface area contributed by atoms with Crippen molar-refractivity contribution in [1.82, 2.24) is 5.32 Å². The molecule has 1 aromatic rings. The van der Waals surface area contributed by atoms with Crippen molar-refractivity contribution < 1.29 is 14.4 Å². The minimum atomic E-state index is -0.425. The number of hydrogen-bond donors (Lipinski definition) is 1. The summed E-state index contributed by atoms with van der Waals surface area (Å²) >= 11 is 0. The lowest BCUT2D eigenvalue weighted by Gasteiger charge is -2.43. The van der Waals surface area contributed by atoms with Gasteiger partial charge in [-0.05, 0) is 19.5 Å². The van der Waals surface area contributed by atoms with Crippen LogP contribution in [0.4, 0.5) is 5.69 Å². The van der Waals surface area contributed by atoms with Crippen LogP contribution in [-0.2, 0) is 4.74 Å². The average Bonchev–Trinajstić information content (AvgIpc) is 2.44. The van der Waals surface area contributed by atoms with E-state index in [1.54, 1.807) is 18.2 Å². The summed E-state index contributed by atoms with van der Waals surface area (Å²) in [5, 5.41) is 14.3. The molecule has 1 aromatic carbocycles. The SMILES string of the molecule is CCNC1CC(Oc2ccccc2[N+](=O)[O-])C1OCC. The summed E-state index contributed by atoms with van der Waals surface area (Å²) in [7, 11) is 0. The van der Waals surface area contributed by atoms with E-state index in [0.717, 1.165) is 13.0 Å². The summed E-state index contributed by atoms with van der Waals surface area (Å²) < 4.78 is 11.4. The Balaban J connectivity index is 2.05. The molecule has 1 aliphatic carbocycles. The second-order valence-electron chi connectivity index (χ2n) is 4.70. The molecule has 20 heavy (non-hydrogen) atoms. The zero-order chi connectivity index (χ0) is 14.5. The Kier molecular flexibility index (Phi) is 4.92. The summed E-state index contributed by atoms with van der Waals surface area (Å²) in [5.41, 5.74) is -0.00495. The molecule has 0 aromatic heterocycles. The zero-order valence-electron chi connectivity index (χ0n) is 11.7. The second kappa shape index (κ2) is 6.67. The molecule has 6 nitrogen and oxygen atoms in total. The third-order valence-corrected chi connectivity index (χ3v) is 3.41. The number of nitrogens with zero attached hydrogens (tertiary/aromatic N) is 1. The second-order valence-corrected chi connectivity index (χ2v) is 4.70. The van der Waals surface area contributed by atoms with Crippen LogP contribution in [0.1, 0.15) is 20.3 Å². The van der Waals surface area contributed by atoms with Crippen LogP contribution in [0.5, 0.6) is 5.75 Å². The van der Waals surface area contributed by atoms with Crippen LogP contribution >= 0.6 is 0 Å². The Morgan fingerprint density at radius 1 is 1.40 bits per heavy atom. The first-order valence-electron chi connectivity index (χ1n) is 6.92. The lowest BCUT2D eigenvalue weighted by molar-refractivity contribution is -0.386. The highest BCUT2D eigenvalue weighted by Gasteiger charge is 2.43. The van der Waals surface area contributed by atoms with E-state index in [9.17, 15) is 10.1 Å². The molecule has 2 rings (SSSR count). The number of hydrogen-bond acceptors (Lipinski definition) is 5. The monoisotopic (exact) mass is 280 g/mol. The number of rotatable bonds is 7. The molecule has 0 amide bonds. The predicted molar refractivity (Wildman–Crippen MR) is 75.0 cm³/mol. The van der Waals surface area contributed by atoms with E-state index in [1.807, 2.05) is 13.8 Å². The molecule has 3 unspecified atom stereocenters. The fourth-order valence-electron chi connectivity index (χ4n) is 2.45. The number of nitrogens with one attached hydrogen (secondary N) is 1. The quantitative estimate of drug-likeness (QED) is 0.612. The van der Waals surface area contributed by atoms with Crippen LogP contribution in [0.3, 0.4) is 0 Å². The number of nitro groups is 1. The highest BCUT2D eigenvalue weighted by Crippen LogP contribution is 2.33. The predicted octanol–water partition coefficient (Wildman–Crippen LogP) is 2.13. The van der Waals surface area contributed by atoms with E-state index in [-0.39, 0.29) is 23.9 Å². The summed E-state index contributed by atoms with van der Waals surface area (Å²) in [6.07, 6.45) is 0.602. The number of ether oxygens (including phenoxy) is 2. The van der Waals surface area contributed by atoms with Gasteiger partial charge in [0.15, 0.2) is 5.75 Å². The smallest absolute Gasteiger partial charge is 0.310 e. The summed E-state index contributed by atoms with van der Waals surface area (Å²) in [6, 6.07) is 6.70. The van der Waals surface area contributed by atoms with Gasteiger partial charge in [-0.3, -0.25) is 10.1 Å². The molecular weight excluding hydrogens is 260 g/mol. The standard InChI is InChI=1S/C14H20N2O4/c1-3-15-10-9-13(14(10)19-4-2)20-12-8-6-5-7-11(12)16(17)18/h5-8,10,13-15H,3-4,9H2,1-2H3.